The van der Waals surface area contributed by atoms with Gasteiger partial charge in [-0.15, -0.1) is 0 Å². The summed E-state index contributed by atoms with van der Waals surface area (Å²) in [6.45, 7) is 0.517. The molecule has 0 saturated heterocycles. The van der Waals surface area contributed by atoms with Gasteiger partial charge in [-0.05, 0) is 55.9 Å². The first kappa shape index (κ1) is 21.6. The van der Waals surface area contributed by atoms with Crippen molar-refractivity contribution in [2.45, 2.75) is 25.7 Å². The summed E-state index contributed by atoms with van der Waals surface area (Å²) in [7, 11) is 1.60. The first-order valence-electron chi connectivity index (χ1n) is 10.8. The van der Waals surface area contributed by atoms with Crippen molar-refractivity contribution in [3.05, 3.63) is 76.2 Å². The largest absolute Gasteiger partial charge is 0.497 e. The van der Waals surface area contributed by atoms with Crippen LogP contribution < -0.4 is 20.3 Å². The summed E-state index contributed by atoms with van der Waals surface area (Å²) in [4.78, 5) is 32.5. The molecule has 1 aliphatic rings. The van der Waals surface area contributed by atoms with E-state index in [0.717, 1.165) is 41.8 Å². The van der Waals surface area contributed by atoms with Crippen LogP contribution in [0.2, 0.25) is 0 Å². The Morgan fingerprint density at radius 2 is 1.78 bits per heavy atom. The lowest BCUT2D eigenvalue weighted by Crippen LogP contribution is -2.33. The summed E-state index contributed by atoms with van der Waals surface area (Å²) in [5.41, 5.74) is 2.47. The zero-order valence-electron chi connectivity index (χ0n) is 18.1. The van der Waals surface area contributed by atoms with Crippen LogP contribution in [-0.2, 0) is 17.6 Å². The van der Waals surface area contributed by atoms with Gasteiger partial charge in [0.1, 0.15) is 17.3 Å². The Bertz CT molecular complexity index is 1110. The number of fused-ring (bicyclic) bond motifs is 1. The van der Waals surface area contributed by atoms with E-state index in [0.29, 0.717) is 24.5 Å². The Labute approximate surface area is 186 Å². The van der Waals surface area contributed by atoms with Gasteiger partial charge < -0.3 is 19.8 Å². The molecule has 2 aromatic carbocycles. The van der Waals surface area contributed by atoms with Crippen LogP contribution in [0.25, 0.3) is 11.4 Å². The minimum Gasteiger partial charge on any atom is -0.497 e. The van der Waals surface area contributed by atoms with E-state index in [-0.39, 0.29) is 24.0 Å². The van der Waals surface area contributed by atoms with Crippen molar-refractivity contribution in [1.82, 2.24) is 15.3 Å². The monoisotopic (exact) mass is 433 g/mol. The molecule has 32 heavy (non-hydrogen) atoms. The molecule has 1 aliphatic carbocycles. The quantitative estimate of drug-likeness (QED) is 0.559. The Morgan fingerprint density at radius 3 is 2.53 bits per heavy atom. The summed E-state index contributed by atoms with van der Waals surface area (Å²) in [6.07, 6.45) is 3.09. The maximum Gasteiger partial charge on any atom is 0.257 e. The molecule has 166 valence electrons. The molecule has 0 bridgehead atoms. The number of nitrogens with zero attached hydrogens (tertiary/aromatic N) is 1. The van der Waals surface area contributed by atoms with E-state index in [1.54, 1.807) is 31.4 Å². The first-order valence-corrected chi connectivity index (χ1v) is 10.8. The van der Waals surface area contributed by atoms with Gasteiger partial charge in [0.2, 0.25) is 0 Å². The first-order chi connectivity index (χ1) is 15.6. The number of hydrogen-bond donors (Lipinski definition) is 2. The molecule has 7 nitrogen and oxygen atoms in total. The number of aryl methyl sites for hydroxylation is 1. The Balaban J connectivity index is 1.30. The number of carbonyl (C=O) groups is 1. The van der Waals surface area contributed by atoms with E-state index >= 15 is 0 Å². The fourth-order valence-corrected chi connectivity index (χ4v) is 3.91. The standard InChI is InChI=1S/C25H27N3O4/c1-31-19-9-11-20(12-10-19)32-16-23(29)26-15-17-7-13-21-22(14-8-17)27-24(28-25(21)30)18-5-3-2-4-6-18/h2-6,9-12,17H,7-8,13-16H2,1H3,(H,26,29)(H,27,28,30). The minimum absolute atomic E-state index is 0.0407. The third-order valence-electron chi connectivity index (χ3n) is 5.76. The Hall–Kier alpha value is -3.61. The van der Waals surface area contributed by atoms with Gasteiger partial charge in [0.25, 0.3) is 11.5 Å². The van der Waals surface area contributed by atoms with E-state index in [9.17, 15) is 9.59 Å². The van der Waals surface area contributed by atoms with Crippen LogP contribution in [0.15, 0.2) is 59.4 Å². The Kier molecular flexibility index (Phi) is 6.84. The number of ether oxygens (including phenoxy) is 2. The van der Waals surface area contributed by atoms with Gasteiger partial charge in [0.05, 0.1) is 12.8 Å². The van der Waals surface area contributed by atoms with Crippen molar-refractivity contribution >= 4 is 5.91 Å². The van der Waals surface area contributed by atoms with Crippen molar-refractivity contribution < 1.29 is 14.3 Å². The molecule has 7 heteroatoms. The van der Waals surface area contributed by atoms with Crippen molar-refractivity contribution in [2.75, 3.05) is 20.3 Å². The second-order valence-electron chi connectivity index (χ2n) is 7.92. The van der Waals surface area contributed by atoms with Crippen LogP contribution in [0.5, 0.6) is 11.5 Å². The predicted molar refractivity (Wildman–Crippen MR) is 122 cm³/mol. The highest BCUT2D eigenvalue weighted by Gasteiger charge is 2.21. The SMILES string of the molecule is COc1ccc(OCC(=O)NCC2CCc3nc(-c4ccccc4)[nH]c(=O)c3CC2)cc1. The fraction of sp³-hybridized carbons (Fsp3) is 0.320. The second kappa shape index (κ2) is 10.1. The number of H-pyrrole nitrogens is 1. The molecule has 1 atom stereocenters. The third kappa shape index (κ3) is 5.35. The van der Waals surface area contributed by atoms with Gasteiger partial charge in [-0.3, -0.25) is 9.59 Å². The normalized spacial score (nSPS) is 15.3. The molecule has 4 rings (SSSR count). The highest BCUT2D eigenvalue weighted by atomic mass is 16.5. The fourth-order valence-electron chi connectivity index (χ4n) is 3.91. The molecular formula is C25H27N3O4. The highest BCUT2D eigenvalue weighted by molar-refractivity contribution is 5.77. The minimum atomic E-state index is -0.162. The van der Waals surface area contributed by atoms with Crippen LogP contribution in [-0.4, -0.2) is 36.1 Å². The molecule has 1 aromatic heterocycles. The molecule has 0 aliphatic heterocycles. The molecule has 1 amide bonds. The van der Waals surface area contributed by atoms with Crippen LogP contribution in [0.4, 0.5) is 0 Å². The van der Waals surface area contributed by atoms with Crippen LogP contribution in [0, 0.1) is 5.92 Å². The van der Waals surface area contributed by atoms with E-state index in [1.807, 2.05) is 30.3 Å². The van der Waals surface area contributed by atoms with Gasteiger partial charge in [-0.25, -0.2) is 4.98 Å². The number of aromatic nitrogens is 2. The molecule has 3 aromatic rings. The number of methoxy groups -OCH3 is 1. The molecule has 1 heterocycles. The van der Waals surface area contributed by atoms with Gasteiger partial charge in [-0.1, -0.05) is 30.3 Å². The van der Waals surface area contributed by atoms with Crippen molar-refractivity contribution in [3.8, 4) is 22.9 Å². The predicted octanol–water partition coefficient (Wildman–Crippen LogP) is 3.14. The maximum absolute atomic E-state index is 12.7. The lowest BCUT2D eigenvalue weighted by Gasteiger charge is -2.15. The zero-order valence-corrected chi connectivity index (χ0v) is 18.1. The average molecular weight is 434 g/mol. The molecule has 0 radical (unpaired) electrons. The van der Waals surface area contributed by atoms with Crippen LogP contribution in [0.1, 0.15) is 24.1 Å². The van der Waals surface area contributed by atoms with E-state index < -0.39 is 0 Å². The van der Waals surface area contributed by atoms with E-state index in [4.69, 9.17) is 14.5 Å². The van der Waals surface area contributed by atoms with E-state index in [1.165, 1.54) is 0 Å². The number of amides is 1. The Morgan fingerprint density at radius 1 is 1.06 bits per heavy atom. The molecule has 1 unspecified atom stereocenters. The molecule has 0 fully saturated rings. The summed E-state index contributed by atoms with van der Waals surface area (Å²) >= 11 is 0. The number of benzene rings is 2. The highest BCUT2D eigenvalue weighted by Crippen LogP contribution is 2.23. The van der Waals surface area contributed by atoms with E-state index in [2.05, 4.69) is 10.3 Å². The second-order valence-corrected chi connectivity index (χ2v) is 7.92. The van der Waals surface area contributed by atoms with Crippen LogP contribution in [0.3, 0.4) is 0 Å². The number of rotatable bonds is 7. The lowest BCUT2D eigenvalue weighted by molar-refractivity contribution is -0.123. The summed E-state index contributed by atoms with van der Waals surface area (Å²) in [5.74, 6) is 2.08. The lowest BCUT2D eigenvalue weighted by atomic mass is 10.00. The summed E-state index contributed by atoms with van der Waals surface area (Å²) in [6, 6.07) is 16.8. The average Bonchev–Trinajstić information content (AvgIpc) is 3.05. The van der Waals surface area contributed by atoms with Crippen LogP contribution >= 0.6 is 0 Å². The summed E-state index contributed by atoms with van der Waals surface area (Å²) < 4.78 is 10.6. The number of hydrogen-bond acceptors (Lipinski definition) is 5. The summed E-state index contributed by atoms with van der Waals surface area (Å²) in [5, 5.41) is 2.96. The number of nitrogens with one attached hydrogen (secondary N) is 2. The van der Waals surface area contributed by atoms with Gasteiger partial charge >= 0.3 is 0 Å². The molecule has 0 spiro atoms. The number of aromatic amines is 1. The zero-order chi connectivity index (χ0) is 22.3. The third-order valence-corrected chi connectivity index (χ3v) is 5.76. The topological polar surface area (TPSA) is 93.3 Å². The van der Waals surface area contributed by atoms with Crippen molar-refractivity contribution in [1.29, 1.82) is 0 Å². The maximum atomic E-state index is 12.7. The smallest absolute Gasteiger partial charge is 0.257 e. The van der Waals surface area contributed by atoms with Gasteiger partial charge in [0, 0.05) is 17.7 Å². The van der Waals surface area contributed by atoms with Gasteiger partial charge in [-0.2, -0.15) is 0 Å². The van der Waals surface area contributed by atoms with Crippen molar-refractivity contribution in [2.24, 2.45) is 5.92 Å². The molecule has 0 saturated carbocycles. The molecule has 2 N–H and O–H groups in total. The number of carbonyl (C=O) groups excluding carboxylic acids is 1. The molecular weight excluding hydrogens is 406 g/mol. The van der Waals surface area contributed by atoms with Crippen molar-refractivity contribution in [3.63, 3.8) is 0 Å². The van der Waals surface area contributed by atoms with Gasteiger partial charge in [0.15, 0.2) is 6.61 Å².